The van der Waals surface area contributed by atoms with Crippen molar-refractivity contribution in [3.8, 4) is 0 Å². The zero-order valence-corrected chi connectivity index (χ0v) is 10.5. The van der Waals surface area contributed by atoms with E-state index in [1.54, 1.807) is 7.05 Å². The minimum absolute atomic E-state index is 0.427. The quantitative estimate of drug-likeness (QED) is 0.532. The first kappa shape index (κ1) is 13.5. The van der Waals surface area contributed by atoms with Crippen LogP contribution in [0.5, 0.6) is 0 Å². The fourth-order valence-corrected chi connectivity index (χ4v) is 1.56. The molecular weight excluding hydrogens is 214 g/mol. The Morgan fingerprint density at radius 2 is 2.00 bits per heavy atom. The average molecular weight is 235 g/mol. The Bertz CT molecular complexity index is 338. The van der Waals surface area contributed by atoms with E-state index < -0.39 is 6.10 Å². The van der Waals surface area contributed by atoms with E-state index >= 15 is 0 Å². The molecule has 4 nitrogen and oxygen atoms in total. The van der Waals surface area contributed by atoms with Gasteiger partial charge in [-0.1, -0.05) is 30.3 Å². The number of nitrogens with one attached hydrogen (secondary N) is 2. The van der Waals surface area contributed by atoms with E-state index in [-0.39, 0.29) is 0 Å². The van der Waals surface area contributed by atoms with Gasteiger partial charge in [-0.3, -0.25) is 4.99 Å². The van der Waals surface area contributed by atoms with Crippen LogP contribution in [0.4, 0.5) is 0 Å². The maximum Gasteiger partial charge on any atom is 0.190 e. The number of hydrogen-bond donors (Lipinski definition) is 3. The monoisotopic (exact) mass is 235 g/mol. The van der Waals surface area contributed by atoms with E-state index in [1.807, 2.05) is 37.3 Å². The van der Waals surface area contributed by atoms with Gasteiger partial charge in [0, 0.05) is 20.1 Å². The molecule has 1 atom stereocenters. The predicted molar refractivity (Wildman–Crippen MR) is 71.1 cm³/mol. The minimum atomic E-state index is -0.427. The minimum Gasteiger partial charge on any atom is -0.388 e. The van der Waals surface area contributed by atoms with Gasteiger partial charge in [0.05, 0.1) is 6.10 Å². The largest absolute Gasteiger partial charge is 0.388 e. The molecule has 0 radical (unpaired) electrons. The highest BCUT2D eigenvalue weighted by molar-refractivity contribution is 5.79. The summed E-state index contributed by atoms with van der Waals surface area (Å²) >= 11 is 0. The number of aliphatic hydroxyl groups excluding tert-OH is 1. The maximum absolute atomic E-state index is 9.94. The molecule has 0 saturated carbocycles. The summed E-state index contributed by atoms with van der Waals surface area (Å²) in [4.78, 5) is 4.06. The van der Waals surface area contributed by atoms with Crippen LogP contribution >= 0.6 is 0 Å². The molecule has 0 heterocycles. The van der Waals surface area contributed by atoms with Crippen LogP contribution in [-0.2, 0) is 0 Å². The second-order valence-corrected chi connectivity index (χ2v) is 3.74. The van der Waals surface area contributed by atoms with Crippen molar-refractivity contribution in [1.29, 1.82) is 0 Å². The predicted octanol–water partition coefficient (Wildman–Crippen LogP) is 1.29. The fraction of sp³-hybridized carbons (Fsp3) is 0.462. The van der Waals surface area contributed by atoms with E-state index in [9.17, 15) is 5.11 Å². The number of nitrogens with zero attached hydrogens (tertiary/aromatic N) is 1. The SMILES string of the molecule is CCNC(=NC)NCCC(O)c1ccccc1. The topological polar surface area (TPSA) is 56.7 Å². The first-order chi connectivity index (χ1) is 8.27. The number of benzene rings is 1. The number of guanidine groups is 1. The van der Waals surface area contributed by atoms with Gasteiger partial charge in [-0.05, 0) is 18.9 Å². The maximum atomic E-state index is 9.94. The van der Waals surface area contributed by atoms with Gasteiger partial charge in [0.25, 0.3) is 0 Å². The Labute approximate surface area is 103 Å². The summed E-state index contributed by atoms with van der Waals surface area (Å²) in [6, 6.07) is 9.68. The van der Waals surface area contributed by atoms with Crippen LogP contribution in [0.2, 0.25) is 0 Å². The van der Waals surface area contributed by atoms with Crippen molar-refractivity contribution in [2.45, 2.75) is 19.4 Å². The van der Waals surface area contributed by atoms with Gasteiger partial charge >= 0.3 is 0 Å². The molecule has 0 amide bonds. The van der Waals surface area contributed by atoms with E-state index in [4.69, 9.17) is 0 Å². The smallest absolute Gasteiger partial charge is 0.190 e. The number of aliphatic imine (C=N–C) groups is 1. The van der Waals surface area contributed by atoms with Gasteiger partial charge in [0.1, 0.15) is 0 Å². The Morgan fingerprint density at radius 3 is 2.59 bits per heavy atom. The summed E-state index contributed by atoms with van der Waals surface area (Å²) in [5, 5.41) is 16.2. The van der Waals surface area contributed by atoms with Gasteiger partial charge in [-0.25, -0.2) is 0 Å². The Morgan fingerprint density at radius 1 is 1.29 bits per heavy atom. The summed E-state index contributed by atoms with van der Waals surface area (Å²) < 4.78 is 0. The first-order valence-corrected chi connectivity index (χ1v) is 5.95. The molecule has 0 bridgehead atoms. The molecule has 3 N–H and O–H groups in total. The molecule has 1 aromatic rings. The van der Waals surface area contributed by atoms with Crippen LogP contribution in [0.1, 0.15) is 25.0 Å². The van der Waals surface area contributed by atoms with Crippen LogP contribution in [0.25, 0.3) is 0 Å². The van der Waals surface area contributed by atoms with Gasteiger partial charge in [-0.2, -0.15) is 0 Å². The summed E-state index contributed by atoms with van der Waals surface area (Å²) in [6.07, 6.45) is 0.234. The molecule has 0 aliphatic heterocycles. The molecular formula is C13H21N3O. The third-order valence-corrected chi connectivity index (χ3v) is 2.46. The lowest BCUT2D eigenvalue weighted by molar-refractivity contribution is 0.168. The second-order valence-electron chi connectivity index (χ2n) is 3.74. The molecule has 1 unspecified atom stereocenters. The Balaban J connectivity index is 2.32. The van der Waals surface area contributed by atoms with Crippen LogP contribution < -0.4 is 10.6 Å². The summed E-state index contributed by atoms with van der Waals surface area (Å²) in [6.45, 7) is 3.54. The number of aliphatic hydroxyl groups is 1. The second kappa shape index (κ2) is 7.68. The molecule has 1 aromatic carbocycles. The molecule has 1 rings (SSSR count). The van der Waals surface area contributed by atoms with Crippen molar-refractivity contribution < 1.29 is 5.11 Å². The van der Waals surface area contributed by atoms with Crippen molar-refractivity contribution in [3.05, 3.63) is 35.9 Å². The molecule has 0 aromatic heterocycles. The Hall–Kier alpha value is -1.55. The molecule has 17 heavy (non-hydrogen) atoms. The lowest BCUT2D eigenvalue weighted by atomic mass is 10.1. The van der Waals surface area contributed by atoms with Crippen LogP contribution in [-0.4, -0.2) is 31.2 Å². The lowest BCUT2D eigenvalue weighted by Crippen LogP contribution is -2.37. The third-order valence-electron chi connectivity index (χ3n) is 2.46. The zero-order valence-electron chi connectivity index (χ0n) is 10.5. The molecule has 0 aliphatic carbocycles. The average Bonchev–Trinajstić information content (AvgIpc) is 2.38. The normalized spacial score (nSPS) is 13.2. The molecule has 4 heteroatoms. The molecule has 0 aliphatic rings. The van der Waals surface area contributed by atoms with Crippen molar-refractivity contribution in [1.82, 2.24) is 10.6 Å². The van der Waals surface area contributed by atoms with Crippen LogP contribution in [0.15, 0.2) is 35.3 Å². The van der Waals surface area contributed by atoms with Gasteiger partial charge in [0.2, 0.25) is 0 Å². The molecule has 94 valence electrons. The third kappa shape index (κ3) is 4.87. The van der Waals surface area contributed by atoms with Crippen LogP contribution in [0.3, 0.4) is 0 Å². The highest BCUT2D eigenvalue weighted by atomic mass is 16.3. The molecule has 0 spiro atoms. The highest BCUT2D eigenvalue weighted by Crippen LogP contribution is 2.14. The van der Waals surface area contributed by atoms with E-state index in [2.05, 4.69) is 15.6 Å². The number of rotatable bonds is 5. The van der Waals surface area contributed by atoms with E-state index in [1.165, 1.54) is 0 Å². The summed E-state index contributed by atoms with van der Waals surface area (Å²) in [5.41, 5.74) is 0.952. The molecule has 0 fully saturated rings. The standard InChI is InChI=1S/C13H21N3O/c1-3-15-13(14-2)16-10-9-12(17)11-7-5-4-6-8-11/h4-8,12,17H,3,9-10H2,1-2H3,(H2,14,15,16). The zero-order chi connectivity index (χ0) is 12.5. The van der Waals surface area contributed by atoms with Gasteiger partial charge in [-0.15, -0.1) is 0 Å². The Kier molecular flexibility index (Phi) is 6.10. The van der Waals surface area contributed by atoms with E-state index in [0.29, 0.717) is 13.0 Å². The molecule has 0 saturated heterocycles. The number of hydrogen-bond acceptors (Lipinski definition) is 2. The van der Waals surface area contributed by atoms with Crippen LogP contribution in [0, 0.1) is 0 Å². The fourth-order valence-electron chi connectivity index (χ4n) is 1.56. The van der Waals surface area contributed by atoms with Crippen molar-refractivity contribution in [2.75, 3.05) is 20.1 Å². The van der Waals surface area contributed by atoms with Crippen molar-refractivity contribution in [2.24, 2.45) is 4.99 Å². The highest BCUT2D eigenvalue weighted by Gasteiger charge is 2.06. The summed E-state index contributed by atoms with van der Waals surface area (Å²) in [5.74, 6) is 0.771. The van der Waals surface area contributed by atoms with Gasteiger partial charge < -0.3 is 15.7 Å². The van der Waals surface area contributed by atoms with Crippen molar-refractivity contribution in [3.63, 3.8) is 0 Å². The van der Waals surface area contributed by atoms with Gasteiger partial charge in [0.15, 0.2) is 5.96 Å². The van der Waals surface area contributed by atoms with Crippen molar-refractivity contribution >= 4 is 5.96 Å². The lowest BCUT2D eigenvalue weighted by Gasteiger charge is -2.13. The summed E-state index contributed by atoms with van der Waals surface area (Å²) in [7, 11) is 1.73. The first-order valence-electron chi connectivity index (χ1n) is 5.95. The van der Waals surface area contributed by atoms with E-state index in [0.717, 1.165) is 18.1 Å².